The maximum absolute atomic E-state index is 12.7. The molecule has 1 fully saturated rings. The first-order chi connectivity index (χ1) is 12.9. The predicted octanol–water partition coefficient (Wildman–Crippen LogP) is 2.91. The molecule has 1 aromatic heterocycles. The molecule has 2 heterocycles. The van der Waals surface area contributed by atoms with Gasteiger partial charge in [0.1, 0.15) is 6.33 Å². The Labute approximate surface area is 158 Å². The molecule has 7 heteroatoms. The van der Waals surface area contributed by atoms with Gasteiger partial charge in [0.05, 0.1) is 6.10 Å². The third-order valence-electron chi connectivity index (χ3n) is 4.20. The van der Waals surface area contributed by atoms with Crippen LogP contribution in [0.1, 0.15) is 42.6 Å². The number of carbonyl (C=O) groups excluding carboxylic acids is 2. The number of benzene rings is 1. The fourth-order valence-electron chi connectivity index (χ4n) is 3.03. The molecule has 2 aromatic rings. The number of rotatable bonds is 5. The zero-order chi connectivity index (χ0) is 19.4. The normalized spacial score (nSPS) is 14.3. The van der Waals surface area contributed by atoms with Gasteiger partial charge in [-0.1, -0.05) is 0 Å². The Morgan fingerprint density at radius 1 is 1.19 bits per heavy atom. The molecule has 0 radical (unpaired) electrons. The monoisotopic (exact) mass is 368 g/mol. The van der Waals surface area contributed by atoms with Crippen LogP contribution in [0.25, 0.3) is 17.6 Å². The molecule has 0 spiro atoms. The second-order valence-corrected chi connectivity index (χ2v) is 6.94. The highest BCUT2D eigenvalue weighted by Crippen LogP contribution is 2.21. The van der Waals surface area contributed by atoms with Crippen LogP contribution in [-0.4, -0.2) is 50.7 Å². The summed E-state index contributed by atoms with van der Waals surface area (Å²) in [5, 5.41) is 4.36. The fourth-order valence-corrected chi connectivity index (χ4v) is 3.03. The summed E-state index contributed by atoms with van der Waals surface area (Å²) < 4.78 is 6.49. The van der Waals surface area contributed by atoms with Crippen LogP contribution in [0.2, 0.25) is 0 Å². The average molecular weight is 368 g/mol. The Morgan fingerprint density at radius 2 is 1.93 bits per heavy atom. The first kappa shape index (κ1) is 18.8. The third-order valence-corrected chi connectivity index (χ3v) is 4.20. The molecule has 0 aliphatic carbocycles. The Kier molecular flexibility index (Phi) is 5.69. The first-order valence-corrected chi connectivity index (χ1v) is 9.13. The lowest BCUT2D eigenvalue weighted by atomic mass is 10.1. The van der Waals surface area contributed by atoms with Crippen molar-refractivity contribution in [1.29, 1.82) is 0 Å². The standard InChI is InChI=1S/C20H24N4O3/c1-14(2)27-18(25)6-9-24-13-21-19(22-24)16-10-15(3)11-17(12-16)20(26)23-7-4-5-8-23/h6,9-14H,4-5,7-8H2,1-3H3/b9-6-. The van der Waals surface area contributed by atoms with Crippen LogP contribution < -0.4 is 0 Å². The van der Waals surface area contributed by atoms with Crippen molar-refractivity contribution in [3.63, 3.8) is 0 Å². The highest BCUT2D eigenvalue weighted by molar-refractivity contribution is 5.95. The quantitative estimate of drug-likeness (QED) is 0.599. The minimum Gasteiger partial charge on any atom is -0.460 e. The zero-order valence-corrected chi connectivity index (χ0v) is 15.9. The molecule has 3 rings (SSSR count). The Morgan fingerprint density at radius 3 is 2.63 bits per heavy atom. The fraction of sp³-hybridized carbons (Fsp3) is 0.400. The van der Waals surface area contributed by atoms with E-state index in [4.69, 9.17) is 4.74 Å². The lowest BCUT2D eigenvalue weighted by molar-refractivity contribution is -0.141. The Bertz CT molecular complexity index is 864. The lowest BCUT2D eigenvalue weighted by Gasteiger charge is -2.16. The highest BCUT2D eigenvalue weighted by Gasteiger charge is 2.20. The highest BCUT2D eigenvalue weighted by atomic mass is 16.5. The van der Waals surface area contributed by atoms with Crippen LogP contribution in [-0.2, 0) is 9.53 Å². The van der Waals surface area contributed by atoms with Gasteiger partial charge in [-0.3, -0.25) is 4.79 Å². The van der Waals surface area contributed by atoms with Crippen molar-refractivity contribution >= 4 is 18.1 Å². The summed E-state index contributed by atoms with van der Waals surface area (Å²) in [6, 6.07) is 5.66. The van der Waals surface area contributed by atoms with Gasteiger partial charge in [-0.2, -0.15) is 0 Å². The first-order valence-electron chi connectivity index (χ1n) is 9.13. The number of amides is 1. The molecule has 27 heavy (non-hydrogen) atoms. The van der Waals surface area contributed by atoms with Gasteiger partial charge in [-0.25, -0.2) is 14.5 Å². The van der Waals surface area contributed by atoms with Gasteiger partial charge in [0.25, 0.3) is 5.91 Å². The number of nitrogens with zero attached hydrogens (tertiary/aromatic N) is 4. The van der Waals surface area contributed by atoms with Gasteiger partial charge in [0, 0.05) is 36.5 Å². The largest absolute Gasteiger partial charge is 0.460 e. The van der Waals surface area contributed by atoms with Crippen molar-refractivity contribution in [2.45, 2.75) is 39.7 Å². The second kappa shape index (κ2) is 8.16. The predicted molar refractivity (Wildman–Crippen MR) is 102 cm³/mol. The molecular weight excluding hydrogens is 344 g/mol. The Hall–Kier alpha value is -2.96. The minimum atomic E-state index is -0.434. The molecule has 1 saturated heterocycles. The summed E-state index contributed by atoms with van der Waals surface area (Å²) >= 11 is 0. The Balaban J connectivity index is 1.78. The van der Waals surface area contributed by atoms with Gasteiger partial charge >= 0.3 is 5.97 Å². The van der Waals surface area contributed by atoms with Crippen molar-refractivity contribution in [3.05, 3.63) is 41.7 Å². The van der Waals surface area contributed by atoms with Gasteiger partial charge in [-0.15, -0.1) is 5.10 Å². The maximum Gasteiger partial charge on any atom is 0.332 e. The van der Waals surface area contributed by atoms with Crippen molar-refractivity contribution in [1.82, 2.24) is 19.7 Å². The van der Waals surface area contributed by atoms with E-state index in [1.807, 2.05) is 30.0 Å². The van der Waals surface area contributed by atoms with Crippen molar-refractivity contribution < 1.29 is 14.3 Å². The van der Waals surface area contributed by atoms with E-state index in [0.717, 1.165) is 37.1 Å². The summed E-state index contributed by atoms with van der Waals surface area (Å²) in [6.45, 7) is 7.15. The van der Waals surface area contributed by atoms with Crippen LogP contribution in [0.4, 0.5) is 0 Å². The van der Waals surface area contributed by atoms with E-state index in [9.17, 15) is 9.59 Å². The van der Waals surface area contributed by atoms with E-state index in [1.165, 1.54) is 23.3 Å². The number of aryl methyl sites for hydroxylation is 1. The van der Waals surface area contributed by atoms with Crippen molar-refractivity contribution in [3.8, 4) is 11.4 Å². The SMILES string of the molecule is Cc1cc(C(=O)N2CCCC2)cc(-c2ncn(/C=C\C(=O)OC(C)C)n2)c1. The number of ether oxygens (including phenoxy) is 1. The smallest absolute Gasteiger partial charge is 0.332 e. The molecule has 1 aromatic carbocycles. The number of hydrogen-bond donors (Lipinski definition) is 0. The topological polar surface area (TPSA) is 77.3 Å². The number of hydrogen-bond acceptors (Lipinski definition) is 5. The van der Waals surface area contributed by atoms with Crippen LogP contribution in [0, 0.1) is 6.92 Å². The van der Waals surface area contributed by atoms with E-state index < -0.39 is 5.97 Å². The van der Waals surface area contributed by atoms with Gasteiger partial charge < -0.3 is 9.64 Å². The van der Waals surface area contributed by atoms with E-state index in [2.05, 4.69) is 10.1 Å². The minimum absolute atomic E-state index is 0.0493. The van der Waals surface area contributed by atoms with Crippen LogP contribution in [0.5, 0.6) is 0 Å². The van der Waals surface area contributed by atoms with E-state index in [0.29, 0.717) is 11.4 Å². The number of likely N-dealkylation sites (tertiary alicyclic amines) is 1. The molecule has 0 N–H and O–H groups in total. The van der Waals surface area contributed by atoms with E-state index in [1.54, 1.807) is 13.8 Å². The maximum atomic E-state index is 12.7. The van der Waals surface area contributed by atoms with Crippen LogP contribution >= 0.6 is 0 Å². The molecule has 0 unspecified atom stereocenters. The third kappa shape index (κ3) is 4.81. The number of aromatic nitrogens is 3. The van der Waals surface area contributed by atoms with E-state index in [-0.39, 0.29) is 12.0 Å². The van der Waals surface area contributed by atoms with Gasteiger partial charge in [-0.05, 0) is 57.4 Å². The summed E-state index contributed by atoms with van der Waals surface area (Å²) in [6.07, 6.45) is 6.25. The molecule has 0 saturated carbocycles. The molecular formula is C20H24N4O3. The van der Waals surface area contributed by atoms with Crippen LogP contribution in [0.15, 0.2) is 30.6 Å². The van der Waals surface area contributed by atoms with Crippen molar-refractivity contribution in [2.75, 3.05) is 13.1 Å². The summed E-state index contributed by atoms with van der Waals surface area (Å²) in [7, 11) is 0. The molecule has 1 aliphatic rings. The molecule has 142 valence electrons. The molecule has 7 nitrogen and oxygen atoms in total. The summed E-state index contributed by atoms with van der Waals surface area (Å²) in [4.78, 5) is 30.4. The number of esters is 1. The van der Waals surface area contributed by atoms with Gasteiger partial charge in [0.15, 0.2) is 5.82 Å². The van der Waals surface area contributed by atoms with Crippen LogP contribution in [0.3, 0.4) is 0 Å². The number of carbonyl (C=O) groups is 2. The molecule has 0 bridgehead atoms. The second-order valence-electron chi connectivity index (χ2n) is 6.94. The molecule has 0 atom stereocenters. The molecule has 1 amide bonds. The zero-order valence-electron chi connectivity index (χ0n) is 15.9. The molecule has 1 aliphatic heterocycles. The van der Waals surface area contributed by atoms with Crippen molar-refractivity contribution in [2.24, 2.45) is 0 Å². The lowest BCUT2D eigenvalue weighted by Crippen LogP contribution is -2.27. The summed E-state index contributed by atoms with van der Waals surface area (Å²) in [5.41, 5.74) is 2.40. The van der Waals surface area contributed by atoms with Gasteiger partial charge in [0.2, 0.25) is 0 Å². The average Bonchev–Trinajstić information content (AvgIpc) is 3.30. The van der Waals surface area contributed by atoms with E-state index >= 15 is 0 Å². The summed E-state index contributed by atoms with van der Waals surface area (Å²) in [5.74, 6) is 0.111.